The van der Waals surface area contributed by atoms with Gasteiger partial charge in [-0.3, -0.25) is 5.32 Å². The topological polar surface area (TPSA) is 35.8 Å². The molecule has 0 radical (unpaired) electrons. The molecule has 76 valence electrons. The Labute approximate surface area is 75.7 Å². The quantitative estimate of drug-likeness (QED) is 0.728. The summed E-state index contributed by atoms with van der Waals surface area (Å²) in [4.78, 5) is 0. The van der Waals surface area contributed by atoms with Crippen molar-refractivity contribution >= 4 is 0 Å². The largest absolute Gasteiger partial charge is 0.401 e. The predicted octanol–water partition coefficient (Wildman–Crippen LogP) is 2.22. The molecule has 1 N–H and O–H groups in total. The fraction of sp³-hybridized carbons (Fsp3) is 0.875. The summed E-state index contributed by atoms with van der Waals surface area (Å²) in [6.07, 6.45) is -2.11. The number of nitriles is 1. The number of hydrogen-bond acceptors (Lipinski definition) is 2. The molecule has 0 spiro atoms. The zero-order chi connectivity index (χ0) is 10.3. The van der Waals surface area contributed by atoms with E-state index in [0.717, 1.165) is 12.8 Å². The maximum atomic E-state index is 11.7. The van der Waals surface area contributed by atoms with Crippen LogP contribution in [0.25, 0.3) is 0 Å². The van der Waals surface area contributed by atoms with Crippen LogP contribution in [0.3, 0.4) is 0 Å². The summed E-state index contributed by atoms with van der Waals surface area (Å²) in [5, 5.41) is 10.6. The van der Waals surface area contributed by atoms with Crippen molar-refractivity contribution in [1.82, 2.24) is 5.32 Å². The highest BCUT2D eigenvalue weighted by molar-refractivity contribution is 4.89. The van der Waals surface area contributed by atoms with E-state index in [0.29, 0.717) is 6.42 Å². The highest BCUT2D eigenvalue weighted by atomic mass is 19.4. The summed E-state index contributed by atoms with van der Waals surface area (Å²) in [6, 6.07) is 1.12. The molecule has 0 amide bonds. The molecule has 0 saturated heterocycles. The maximum absolute atomic E-state index is 11.7. The van der Waals surface area contributed by atoms with Crippen LogP contribution in [0.15, 0.2) is 0 Å². The van der Waals surface area contributed by atoms with Crippen molar-refractivity contribution in [3.05, 3.63) is 0 Å². The molecule has 1 atom stereocenters. The van der Waals surface area contributed by atoms with E-state index in [9.17, 15) is 13.2 Å². The van der Waals surface area contributed by atoms with Gasteiger partial charge in [0.15, 0.2) is 0 Å². The standard InChI is InChI=1S/C8H13F3N2/c1-2-3-4-7(5-12)13-6-8(9,10)11/h7,13H,2-4,6H2,1H3. The first kappa shape index (κ1) is 12.2. The SMILES string of the molecule is CCCCC(C#N)NCC(F)(F)F. The Kier molecular flexibility index (Phi) is 5.47. The van der Waals surface area contributed by atoms with Crippen LogP contribution in [0.4, 0.5) is 13.2 Å². The summed E-state index contributed by atoms with van der Waals surface area (Å²) >= 11 is 0. The van der Waals surface area contributed by atoms with Gasteiger partial charge in [0, 0.05) is 0 Å². The lowest BCUT2D eigenvalue weighted by molar-refractivity contribution is -0.125. The van der Waals surface area contributed by atoms with E-state index in [4.69, 9.17) is 5.26 Å². The van der Waals surface area contributed by atoms with Crippen LogP contribution >= 0.6 is 0 Å². The molecule has 0 aromatic heterocycles. The molecule has 13 heavy (non-hydrogen) atoms. The van der Waals surface area contributed by atoms with Gasteiger partial charge in [0.2, 0.25) is 0 Å². The van der Waals surface area contributed by atoms with Gasteiger partial charge >= 0.3 is 6.18 Å². The zero-order valence-corrected chi connectivity index (χ0v) is 7.49. The van der Waals surface area contributed by atoms with Gasteiger partial charge in [0.1, 0.15) is 0 Å². The smallest absolute Gasteiger partial charge is 0.294 e. The maximum Gasteiger partial charge on any atom is 0.401 e. The van der Waals surface area contributed by atoms with Crippen LogP contribution in [0.1, 0.15) is 26.2 Å². The van der Waals surface area contributed by atoms with Gasteiger partial charge in [-0.05, 0) is 6.42 Å². The van der Waals surface area contributed by atoms with Crippen LogP contribution in [-0.4, -0.2) is 18.8 Å². The molecule has 0 aromatic rings. The lowest BCUT2D eigenvalue weighted by Crippen LogP contribution is -2.36. The van der Waals surface area contributed by atoms with Crippen LogP contribution in [0, 0.1) is 11.3 Å². The van der Waals surface area contributed by atoms with Gasteiger partial charge in [-0.15, -0.1) is 0 Å². The molecule has 0 saturated carbocycles. The van der Waals surface area contributed by atoms with E-state index in [-0.39, 0.29) is 0 Å². The summed E-state index contributed by atoms with van der Waals surface area (Å²) in [7, 11) is 0. The minimum absolute atomic E-state index is 0.475. The second-order valence-electron chi connectivity index (χ2n) is 2.82. The molecule has 0 aliphatic heterocycles. The molecule has 0 heterocycles. The molecule has 0 bridgehead atoms. The molecular formula is C8H13F3N2. The van der Waals surface area contributed by atoms with E-state index in [1.165, 1.54) is 0 Å². The number of hydrogen-bond donors (Lipinski definition) is 1. The fourth-order valence-electron chi connectivity index (χ4n) is 0.859. The number of alkyl halides is 3. The number of nitrogens with one attached hydrogen (secondary N) is 1. The third-order valence-electron chi connectivity index (χ3n) is 1.55. The third-order valence-corrected chi connectivity index (χ3v) is 1.55. The average molecular weight is 194 g/mol. The van der Waals surface area contributed by atoms with Gasteiger partial charge < -0.3 is 0 Å². The van der Waals surface area contributed by atoms with Crippen LogP contribution in [0.5, 0.6) is 0 Å². The van der Waals surface area contributed by atoms with Gasteiger partial charge in [-0.1, -0.05) is 19.8 Å². The Hall–Kier alpha value is -0.760. The molecule has 0 aliphatic carbocycles. The summed E-state index contributed by atoms with van der Waals surface area (Å²) in [5.41, 5.74) is 0. The van der Waals surface area contributed by atoms with Crippen molar-refractivity contribution in [2.24, 2.45) is 0 Å². The molecule has 0 aliphatic rings. The monoisotopic (exact) mass is 194 g/mol. The second kappa shape index (κ2) is 5.81. The van der Waals surface area contributed by atoms with Crippen molar-refractivity contribution < 1.29 is 13.2 Å². The Balaban J connectivity index is 3.68. The van der Waals surface area contributed by atoms with E-state index in [2.05, 4.69) is 5.32 Å². The van der Waals surface area contributed by atoms with E-state index < -0.39 is 18.8 Å². The lowest BCUT2D eigenvalue weighted by Gasteiger charge is -2.12. The van der Waals surface area contributed by atoms with Crippen LogP contribution < -0.4 is 5.32 Å². The van der Waals surface area contributed by atoms with E-state index in [1.54, 1.807) is 6.07 Å². The second-order valence-corrected chi connectivity index (χ2v) is 2.82. The zero-order valence-electron chi connectivity index (χ0n) is 7.49. The number of rotatable bonds is 5. The van der Waals surface area contributed by atoms with Gasteiger partial charge in [0.05, 0.1) is 18.7 Å². The molecule has 0 fully saturated rings. The van der Waals surface area contributed by atoms with Crippen LogP contribution in [0.2, 0.25) is 0 Å². The minimum atomic E-state index is -4.23. The molecular weight excluding hydrogens is 181 g/mol. The van der Waals surface area contributed by atoms with Crippen LogP contribution in [-0.2, 0) is 0 Å². The molecule has 1 unspecified atom stereocenters. The van der Waals surface area contributed by atoms with Gasteiger partial charge in [-0.2, -0.15) is 18.4 Å². The Morgan fingerprint density at radius 1 is 1.46 bits per heavy atom. The first-order valence-corrected chi connectivity index (χ1v) is 4.19. The number of unbranched alkanes of at least 4 members (excludes halogenated alkanes) is 1. The highest BCUT2D eigenvalue weighted by Crippen LogP contribution is 2.13. The van der Waals surface area contributed by atoms with Crippen molar-refractivity contribution in [2.75, 3.05) is 6.54 Å². The molecule has 0 rings (SSSR count). The van der Waals surface area contributed by atoms with Crippen molar-refractivity contribution in [1.29, 1.82) is 5.26 Å². The number of nitrogens with zero attached hydrogens (tertiary/aromatic N) is 1. The average Bonchev–Trinajstić information content (AvgIpc) is 2.03. The predicted molar refractivity (Wildman–Crippen MR) is 43.0 cm³/mol. The van der Waals surface area contributed by atoms with Gasteiger partial charge in [-0.25, -0.2) is 0 Å². The summed E-state index contributed by atoms with van der Waals surface area (Å²) < 4.78 is 35.1. The number of halogens is 3. The molecule has 5 heteroatoms. The summed E-state index contributed by atoms with van der Waals surface area (Å²) in [6.45, 7) is 0.840. The van der Waals surface area contributed by atoms with Crippen molar-refractivity contribution in [2.45, 2.75) is 38.4 Å². The Morgan fingerprint density at radius 3 is 2.46 bits per heavy atom. The van der Waals surface area contributed by atoms with E-state index >= 15 is 0 Å². The summed E-state index contributed by atoms with van der Waals surface area (Å²) in [5.74, 6) is 0. The highest BCUT2D eigenvalue weighted by Gasteiger charge is 2.27. The Morgan fingerprint density at radius 2 is 2.08 bits per heavy atom. The normalized spacial score (nSPS) is 13.8. The minimum Gasteiger partial charge on any atom is -0.294 e. The first-order valence-electron chi connectivity index (χ1n) is 4.19. The molecule has 0 aromatic carbocycles. The first-order chi connectivity index (χ1) is 5.99. The van der Waals surface area contributed by atoms with E-state index in [1.807, 2.05) is 6.92 Å². The van der Waals surface area contributed by atoms with Crippen molar-refractivity contribution in [3.8, 4) is 6.07 Å². The van der Waals surface area contributed by atoms with Gasteiger partial charge in [0.25, 0.3) is 0 Å². The lowest BCUT2D eigenvalue weighted by atomic mass is 10.1. The Bertz CT molecular complexity index is 171. The fourth-order valence-corrected chi connectivity index (χ4v) is 0.859. The molecule has 2 nitrogen and oxygen atoms in total. The van der Waals surface area contributed by atoms with Crippen molar-refractivity contribution in [3.63, 3.8) is 0 Å². The third kappa shape index (κ3) is 7.60.